The van der Waals surface area contributed by atoms with Gasteiger partial charge in [-0.2, -0.15) is 0 Å². The van der Waals surface area contributed by atoms with E-state index in [1.807, 2.05) is 0 Å². The Hall–Kier alpha value is -0.820. The summed E-state index contributed by atoms with van der Waals surface area (Å²) in [6.07, 6.45) is 2.18. The van der Waals surface area contributed by atoms with E-state index in [2.05, 4.69) is 60.7 Å². The lowest BCUT2D eigenvalue weighted by Crippen LogP contribution is -2.39. The minimum absolute atomic E-state index is 0. The molecule has 3 N–H and O–H groups in total. The molecule has 130 valence electrons. The summed E-state index contributed by atoms with van der Waals surface area (Å²) >= 11 is 0. The van der Waals surface area contributed by atoms with Crippen molar-refractivity contribution in [1.82, 2.24) is 10.6 Å². The number of hydrogen-bond donors (Lipinski definition) is 3. The first-order valence-electron chi connectivity index (χ1n) is 8.28. The van der Waals surface area contributed by atoms with Crippen LogP contribution in [-0.4, -0.2) is 37.3 Å². The van der Waals surface area contributed by atoms with Crippen molar-refractivity contribution in [1.29, 1.82) is 0 Å². The van der Waals surface area contributed by atoms with Gasteiger partial charge in [-0.15, -0.1) is 24.0 Å². The first-order chi connectivity index (χ1) is 10.6. The molecule has 23 heavy (non-hydrogen) atoms. The Morgan fingerprint density at radius 3 is 2.65 bits per heavy atom. The monoisotopic (exact) mass is 431 g/mol. The third-order valence-electron chi connectivity index (χ3n) is 4.40. The molecule has 0 amide bonds. The van der Waals surface area contributed by atoms with Crippen molar-refractivity contribution in [3.05, 3.63) is 35.4 Å². The number of hydrogen-bond acceptors (Lipinski definition) is 2. The molecule has 1 aromatic rings. The number of rotatable bonds is 7. The molecule has 1 unspecified atom stereocenters. The van der Waals surface area contributed by atoms with Crippen LogP contribution in [0.3, 0.4) is 0 Å². The van der Waals surface area contributed by atoms with Crippen molar-refractivity contribution in [2.75, 3.05) is 26.2 Å². The standard InChI is InChI=1S/C18H29N3O.HI/c1-4-19-17(21-12-18(13-22)8-9-18)20-11-15(3)16-7-5-6-14(2)10-16;/h5-7,10,15,22H,4,8-9,11-13H2,1-3H3,(H2,19,20,21);1H. The van der Waals surface area contributed by atoms with Gasteiger partial charge in [0.05, 0.1) is 13.2 Å². The molecule has 0 aromatic heterocycles. The summed E-state index contributed by atoms with van der Waals surface area (Å²) < 4.78 is 0. The van der Waals surface area contributed by atoms with Crippen LogP contribution >= 0.6 is 24.0 Å². The number of guanidine groups is 1. The molecule has 1 aromatic carbocycles. The summed E-state index contributed by atoms with van der Waals surface area (Å²) in [5.74, 6) is 1.28. The van der Waals surface area contributed by atoms with Crippen LogP contribution in [0.1, 0.15) is 43.7 Å². The van der Waals surface area contributed by atoms with Gasteiger partial charge in [-0.1, -0.05) is 36.8 Å². The Morgan fingerprint density at radius 1 is 1.35 bits per heavy atom. The van der Waals surface area contributed by atoms with Crippen molar-refractivity contribution in [2.45, 2.75) is 39.5 Å². The summed E-state index contributed by atoms with van der Waals surface area (Å²) in [6, 6.07) is 8.65. The molecule has 0 spiro atoms. The van der Waals surface area contributed by atoms with Crippen LogP contribution < -0.4 is 10.6 Å². The number of nitrogens with one attached hydrogen (secondary N) is 2. The number of aliphatic imine (C=N–C) groups is 1. The summed E-state index contributed by atoms with van der Waals surface area (Å²) in [5, 5.41) is 16.1. The van der Waals surface area contributed by atoms with E-state index in [4.69, 9.17) is 0 Å². The van der Waals surface area contributed by atoms with Crippen molar-refractivity contribution in [3.8, 4) is 0 Å². The fraction of sp³-hybridized carbons (Fsp3) is 0.611. The first kappa shape index (κ1) is 20.2. The second-order valence-electron chi connectivity index (χ2n) is 6.55. The van der Waals surface area contributed by atoms with Gasteiger partial charge < -0.3 is 15.7 Å². The second-order valence-corrected chi connectivity index (χ2v) is 6.55. The molecule has 1 atom stereocenters. The number of nitrogens with zero attached hydrogens (tertiary/aromatic N) is 1. The highest BCUT2D eigenvalue weighted by molar-refractivity contribution is 14.0. The van der Waals surface area contributed by atoms with Crippen LogP contribution in [0.5, 0.6) is 0 Å². The van der Waals surface area contributed by atoms with E-state index in [1.54, 1.807) is 0 Å². The highest BCUT2D eigenvalue weighted by atomic mass is 127. The lowest BCUT2D eigenvalue weighted by atomic mass is 9.99. The van der Waals surface area contributed by atoms with Crippen LogP contribution in [0.2, 0.25) is 0 Å². The Labute approximate surface area is 157 Å². The van der Waals surface area contributed by atoms with Crippen LogP contribution in [0, 0.1) is 12.3 Å². The zero-order valence-electron chi connectivity index (χ0n) is 14.4. The smallest absolute Gasteiger partial charge is 0.191 e. The molecular weight excluding hydrogens is 401 g/mol. The van der Waals surface area contributed by atoms with Gasteiger partial charge >= 0.3 is 0 Å². The SMILES string of the molecule is CCNC(=NCC1(CO)CC1)NCC(C)c1cccc(C)c1.I. The molecule has 0 aliphatic heterocycles. The highest BCUT2D eigenvalue weighted by Gasteiger charge is 2.41. The van der Waals surface area contributed by atoms with E-state index in [-0.39, 0.29) is 36.0 Å². The molecule has 4 nitrogen and oxygen atoms in total. The lowest BCUT2D eigenvalue weighted by molar-refractivity contribution is 0.217. The summed E-state index contributed by atoms with van der Waals surface area (Å²) in [6.45, 7) is 9.06. The molecule has 1 saturated carbocycles. The summed E-state index contributed by atoms with van der Waals surface area (Å²) in [7, 11) is 0. The molecule has 1 aliphatic carbocycles. The fourth-order valence-electron chi connectivity index (χ4n) is 2.48. The Kier molecular flexibility index (Phi) is 8.33. The average Bonchev–Trinajstić information content (AvgIpc) is 3.30. The molecule has 1 fully saturated rings. The normalized spacial score (nSPS) is 17.1. The largest absolute Gasteiger partial charge is 0.396 e. The van der Waals surface area contributed by atoms with Gasteiger partial charge in [0.1, 0.15) is 0 Å². The Morgan fingerprint density at radius 2 is 2.09 bits per heavy atom. The molecular formula is C18H30IN3O. The van der Waals surface area contributed by atoms with E-state index in [0.29, 0.717) is 12.5 Å². The second kappa shape index (κ2) is 9.47. The van der Waals surface area contributed by atoms with Gasteiger partial charge in [0.2, 0.25) is 0 Å². The molecule has 2 rings (SSSR count). The number of halogens is 1. The number of benzene rings is 1. The van der Waals surface area contributed by atoms with Gasteiger partial charge in [0.25, 0.3) is 0 Å². The minimum atomic E-state index is 0. The number of aliphatic hydroxyl groups excluding tert-OH is 1. The average molecular weight is 431 g/mol. The van der Waals surface area contributed by atoms with Crippen LogP contribution in [0.25, 0.3) is 0 Å². The zero-order valence-corrected chi connectivity index (χ0v) is 16.8. The molecule has 1 aliphatic rings. The number of aliphatic hydroxyl groups is 1. The maximum absolute atomic E-state index is 9.38. The van der Waals surface area contributed by atoms with Gasteiger partial charge in [-0.3, -0.25) is 4.99 Å². The van der Waals surface area contributed by atoms with Crippen molar-refractivity contribution in [2.24, 2.45) is 10.4 Å². The highest BCUT2D eigenvalue weighted by Crippen LogP contribution is 2.45. The third kappa shape index (κ3) is 6.30. The van der Waals surface area contributed by atoms with Crippen molar-refractivity contribution in [3.63, 3.8) is 0 Å². The van der Waals surface area contributed by atoms with Gasteiger partial charge in [0, 0.05) is 18.5 Å². The first-order valence-corrected chi connectivity index (χ1v) is 8.28. The van der Waals surface area contributed by atoms with E-state index in [1.165, 1.54) is 11.1 Å². The Bertz CT molecular complexity index is 515. The number of aryl methyl sites for hydroxylation is 1. The predicted molar refractivity (Wildman–Crippen MR) is 108 cm³/mol. The van der Waals surface area contributed by atoms with Crippen molar-refractivity contribution >= 4 is 29.9 Å². The Balaban J connectivity index is 0.00000264. The quantitative estimate of drug-likeness (QED) is 0.354. The van der Waals surface area contributed by atoms with Crippen molar-refractivity contribution < 1.29 is 5.11 Å². The minimum Gasteiger partial charge on any atom is -0.396 e. The van der Waals surface area contributed by atoms with Crippen LogP contribution in [0.15, 0.2) is 29.3 Å². The molecule has 0 radical (unpaired) electrons. The van der Waals surface area contributed by atoms with E-state index in [0.717, 1.165) is 31.9 Å². The lowest BCUT2D eigenvalue weighted by Gasteiger charge is -2.17. The zero-order chi connectivity index (χ0) is 16.0. The molecule has 0 bridgehead atoms. The van der Waals surface area contributed by atoms with Crippen LogP contribution in [-0.2, 0) is 0 Å². The van der Waals surface area contributed by atoms with Gasteiger partial charge in [0.15, 0.2) is 5.96 Å². The van der Waals surface area contributed by atoms with Crippen LogP contribution in [0.4, 0.5) is 0 Å². The summed E-state index contributed by atoms with van der Waals surface area (Å²) in [5.41, 5.74) is 2.70. The maximum atomic E-state index is 9.38. The molecule has 0 heterocycles. The molecule has 5 heteroatoms. The molecule has 0 saturated heterocycles. The maximum Gasteiger partial charge on any atom is 0.191 e. The third-order valence-corrected chi connectivity index (χ3v) is 4.40. The predicted octanol–water partition coefficient (Wildman–Crippen LogP) is 3.04. The van der Waals surface area contributed by atoms with E-state index < -0.39 is 0 Å². The summed E-state index contributed by atoms with van der Waals surface area (Å²) in [4.78, 5) is 4.64. The van der Waals surface area contributed by atoms with E-state index in [9.17, 15) is 5.11 Å². The fourth-order valence-corrected chi connectivity index (χ4v) is 2.48. The topological polar surface area (TPSA) is 56.7 Å². The van der Waals surface area contributed by atoms with Gasteiger partial charge in [-0.25, -0.2) is 0 Å². The van der Waals surface area contributed by atoms with E-state index >= 15 is 0 Å². The van der Waals surface area contributed by atoms with Gasteiger partial charge in [-0.05, 0) is 38.2 Å².